The molecule has 0 unspecified atom stereocenters. The molecule has 4 heterocycles. The lowest BCUT2D eigenvalue weighted by Crippen LogP contribution is -2.40. The fraction of sp³-hybridized carbons (Fsp3) is 0.375. The van der Waals surface area contributed by atoms with Crippen molar-refractivity contribution in [2.75, 3.05) is 13.1 Å². The lowest BCUT2D eigenvalue weighted by atomic mass is 10.0. The fourth-order valence-corrected chi connectivity index (χ4v) is 3.28. The first-order valence-corrected chi connectivity index (χ1v) is 7.80. The van der Waals surface area contributed by atoms with E-state index in [1.807, 2.05) is 36.4 Å². The molecule has 23 heavy (non-hydrogen) atoms. The van der Waals surface area contributed by atoms with Crippen LogP contribution < -0.4 is 0 Å². The average molecular weight is 310 g/mol. The Bertz CT molecular complexity index is 851. The van der Waals surface area contributed by atoms with Crippen molar-refractivity contribution in [1.29, 1.82) is 0 Å². The van der Waals surface area contributed by atoms with E-state index >= 15 is 0 Å². The molecule has 4 rings (SSSR count). The highest BCUT2D eigenvalue weighted by molar-refractivity contribution is 5.94. The third-order valence-corrected chi connectivity index (χ3v) is 4.48. The van der Waals surface area contributed by atoms with E-state index < -0.39 is 0 Å². The van der Waals surface area contributed by atoms with Gasteiger partial charge in [0.25, 0.3) is 5.91 Å². The summed E-state index contributed by atoms with van der Waals surface area (Å²) < 4.78 is 3.94. The summed E-state index contributed by atoms with van der Waals surface area (Å²) in [5.74, 6) is 1.05. The number of aryl methyl sites for hydroxylation is 1. The Balaban J connectivity index is 1.56. The number of aromatic nitrogens is 5. The minimum atomic E-state index is 0.0584. The lowest BCUT2D eigenvalue weighted by Gasteiger charge is -2.34. The number of imidazole rings is 1. The summed E-state index contributed by atoms with van der Waals surface area (Å²) in [6.07, 6.45) is 9.30. The SMILES string of the molecule is Cc1nccn1[C@@H]1CCCN(C(=O)c2ccc3nncn3c2)C1. The molecule has 1 saturated heterocycles. The monoisotopic (exact) mass is 310 g/mol. The molecule has 1 amide bonds. The van der Waals surface area contributed by atoms with Crippen LogP contribution in [0.3, 0.4) is 0 Å². The van der Waals surface area contributed by atoms with Crippen LogP contribution in [0.25, 0.3) is 5.65 Å². The topological polar surface area (TPSA) is 68.3 Å². The predicted octanol–water partition coefficient (Wildman–Crippen LogP) is 1.71. The molecular weight excluding hydrogens is 292 g/mol. The van der Waals surface area contributed by atoms with Crippen molar-refractivity contribution >= 4 is 11.6 Å². The molecule has 0 spiro atoms. The molecular formula is C16H18N6O. The molecule has 0 aliphatic carbocycles. The first kappa shape index (κ1) is 13.9. The molecule has 0 aromatic carbocycles. The van der Waals surface area contributed by atoms with Gasteiger partial charge in [-0.25, -0.2) is 4.98 Å². The molecule has 1 aliphatic heterocycles. The van der Waals surface area contributed by atoms with E-state index in [2.05, 4.69) is 19.7 Å². The molecule has 7 nitrogen and oxygen atoms in total. The molecule has 0 radical (unpaired) electrons. The lowest BCUT2D eigenvalue weighted by molar-refractivity contribution is 0.0677. The molecule has 3 aromatic rings. The summed E-state index contributed by atoms with van der Waals surface area (Å²) in [5, 5.41) is 7.81. The number of hydrogen-bond acceptors (Lipinski definition) is 4. The van der Waals surface area contributed by atoms with E-state index in [9.17, 15) is 4.79 Å². The Morgan fingerprint density at radius 2 is 2.26 bits per heavy atom. The second-order valence-corrected chi connectivity index (χ2v) is 5.94. The Morgan fingerprint density at radius 1 is 1.35 bits per heavy atom. The van der Waals surface area contributed by atoms with Gasteiger partial charge in [0.15, 0.2) is 5.65 Å². The Hall–Kier alpha value is -2.70. The zero-order valence-corrected chi connectivity index (χ0v) is 13.0. The zero-order valence-electron chi connectivity index (χ0n) is 13.0. The van der Waals surface area contributed by atoms with Crippen LogP contribution in [0.4, 0.5) is 0 Å². The van der Waals surface area contributed by atoms with Crippen LogP contribution in [0.5, 0.6) is 0 Å². The van der Waals surface area contributed by atoms with Gasteiger partial charge in [-0.3, -0.25) is 9.20 Å². The van der Waals surface area contributed by atoms with Gasteiger partial charge in [0.1, 0.15) is 12.2 Å². The molecule has 1 aliphatic rings. The maximum Gasteiger partial charge on any atom is 0.255 e. The molecule has 7 heteroatoms. The van der Waals surface area contributed by atoms with Crippen LogP contribution in [0.15, 0.2) is 37.1 Å². The molecule has 1 fully saturated rings. The van der Waals surface area contributed by atoms with E-state index in [1.54, 1.807) is 16.9 Å². The Kier molecular flexibility index (Phi) is 3.33. The van der Waals surface area contributed by atoms with Gasteiger partial charge in [-0.05, 0) is 31.9 Å². The number of pyridine rings is 1. The minimum Gasteiger partial charge on any atom is -0.337 e. The highest BCUT2D eigenvalue weighted by atomic mass is 16.2. The van der Waals surface area contributed by atoms with Crippen molar-refractivity contribution in [3.05, 3.63) is 48.4 Å². The van der Waals surface area contributed by atoms with Gasteiger partial charge in [-0.15, -0.1) is 10.2 Å². The summed E-state index contributed by atoms with van der Waals surface area (Å²) in [7, 11) is 0. The molecule has 1 atom stereocenters. The largest absolute Gasteiger partial charge is 0.337 e. The average Bonchev–Trinajstić information content (AvgIpc) is 3.22. The molecule has 3 aromatic heterocycles. The fourth-order valence-electron chi connectivity index (χ4n) is 3.28. The summed E-state index contributed by atoms with van der Waals surface area (Å²) in [4.78, 5) is 19.0. The number of carbonyl (C=O) groups is 1. The van der Waals surface area contributed by atoms with Crippen molar-refractivity contribution in [1.82, 2.24) is 29.0 Å². The van der Waals surface area contributed by atoms with Crippen molar-refractivity contribution < 1.29 is 4.79 Å². The Labute approximate surface area is 133 Å². The first-order valence-electron chi connectivity index (χ1n) is 7.80. The van der Waals surface area contributed by atoms with E-state index in [0.717, 1.165) is 37.4 Å². The van der Waals surface area contributed by atoms with E-state index in [0.29, 0.717) is 11.6 Å². The van der Waals surface area contributed by atoms with E-state index in [-0.39, 0.29) is 5.91 Å². The van der Waals surface area contributed by atoms with Gasteiger partial charge < -0.3 is 9.47 Å². The van der Waals surface area contributed by atoms with Crippen LogP contribution in [-0.4, -0.2) is 48.0 Å². The van der Waals surface area contributed by atoms with Gasteiger partial charge in [0, 0.05) is 31.7 Å². The molecule has 0 bridgehead atoms. The van der Waals surface area contributed by atoms with E-state index in [1.165, 1.54) is 0 Å². The van der Waals surface area contributed by atoms with Gasteiger partial charge in [0.05, 0.1) is 11.6 Å². The number of amides is 1. The van der Waals surface area contributed by atoms with Crippen molar-refractivity contribution in [3.63, 3.8) is 0 Å². The van der Waals surface area contributed by atoms with Crippen molar-refractivity contribution in [2.45, 2.75) is 25.8 Å². The second kappa shape index (κ2) is 5.49. The number of carbonyl (C=O) groups excluding carboxylic acids is 1. The number of nitrogens with zero attached hydrogens (tertiary/aromatic N) is 6. The van der Waals surface area contributed by atoms with Gasteiger partial charge in [0.2, 0.25) is 0 Å². The highest BCUT2D eigenvalue weighted by Gasteiger charge is 2.26. The summed E-state index contributed by atoms with van der Waals surface area (Å²) in [5.41, 5.74) is 1.41. The zero-order chi connectivity index (χ0) is 15.8. The summed E-state index contributed by atoms with van der Waals surface area (Å²) in [6, 6.07) is 3.94. The first-order chi connectivity index (χ1) is 11.2. The second-order valence-electron chi connectivity index (χ2n) is 5.94. The number of likely N-dealkylation sites (tertiary alicyclic amines) is 1. The third kappa shape index (κ3) is 2.48. The number of rotatable bonds is 2. The van der Waals surface area contributed by atoms with Crippen molar-refractivity contribution in [2.24, 2.45) is 0 Å². The smallest absolute Gasteiger partial charge is 0.255 e. The minimum absolute atomic E-state index is 0.0584. The van der Waals surface area contributed by atoms with Gasteiger partial charge in [-0.1, -0.05) is 0 Å². The maximum absolute atomic E-state index is 12.8. The standard InChI is InChI=1S/C16H18N6O/c1-12-17-6-8-22(12)14-3-2-7-20(10-14)16(23)13-4-5-15-19-18-11-21(15)9-13/h4-6,8-9,11,14H,2-3,7,10H2,1H3/t14-/m1/s1. The molecule has 0 N–H and O–H groups in total. The normalized spacial score (nSPS) is 18.5. The van der Waals surface area contributed by atoms with Gasteiger partial charge in [-0.2, -0.15) is 0 Å². The van der Waals surface area contributed by atoms with Crippen molar-refractivity contribution in [3.8, 4) is 0 Å². The van der Waals surface area contributed by atoms with Crippen LogP contribution in [0.2, 0.25) is 0 Å². The molecule has 118 valence electrons. The van der Waals surface area contributed by atoms with E-state index in [4.69, 9.17) is 0 Å². The van der Waals surface area contributed by atoms with Crippen LogP contribution in [0, 0.1) is 6.92 Å². The molecule has 0 saturated carbocycles. The third-order valence-electron chi connectivity index (χ3n) is 4.48. The highest BCUT2D eigenvalue weighted by Crippen LogP contribution is 2.24. The van der Waals surface area contributed by atoms with Crippen LogP contribution in [-0.2, 0) is 0 Å². The number of fused-ring (bicyclic) bond motifs is 1. The number of piperidine rings is 1. The Morgan fingerprint density at radius 3 is 3.09 bits per heavy atom. The quantitative estimate of drug-likeness (QED) is 0.722. The van der Waals surface area contributed by atoms with Gasteiger partial charge >= 0.3 is 0 Å². The predicted molar refractivity (Wildman–Crippen MR) is 84.1 cm³/mol. The summed E-state index contributed by atoms with van der Waals surface area (Å²) in [6.45, 7) is 3.51. The number of hydrogen-bond donors (Lipinski definition) is 0. The summed E-state index contributed by atoms with van der Waals surface area (Å²) >= 11 is 0. The van der Waals surface area contributed by atoms with Crippen LogP contribution >= 0.6 is 0 Å². The maximum atomic E-state index is 12.8. The van der Waals surface area contributed by atoms with Crippen LogP contribution in [0.1, 0.15) is 35.1 Å².